The van der Waals surface area contributed by atoms with E-state index in [0.29, 0.717) is 12.5 Å². The predicted octanol–water partition coefficient (Wildman–Crippen LogP) is 0.366. The number of aromatic nitrogens is 3. The van der Waals surface area contributed by atoms with E-state index >= 15 is 0 Å². The summed E-state index contributed by atoms with van der Waals surface area (Å²) in [7, 11) is 0. The summed E-state index contributed by atoms with van der Waals surface area (Å²) in [6, 6.07) is 0. The topological polar surface area (TPSA) is 71.3 Å². The minimum atomic E-state index is 0.0839. The summed E-state index contributed by atoms with van der Waals surface area (Å²) in [5.74, 6) is 2.50. The van der Waals surface area contributed by atoms with E-state index in [2.05, 4.69) is 14.8 Å². The van der Waals surface area contributed by atoms with Crippen LogP contribution in [-0.4, -0.2) is 56.0 Å². The molecule has 7 nitrogen and oxygen atoms in total. The highest BCUT2D eigenvalue weighted by Gasteiger charge is 2.29. The van der Waals surface area contributed by atoms with E-state index in [1.54, 1.807) is 18.7 Å². The standard InChI is InChI=1S/C14H21N5O2/c1-10(20)17-5-3-12(4-6-17)14-16-15-13-9-18(11(2)21)7-8-19(13)14/h12H,3-9H2,1-2H3. The third kappa shape index (κ3) is 2.64. The third-order valence-corrected chi connectivity index (χ3v) is 4.53. The second-order valence-electron chi connectivity index (χ2n) is 5.85. The number of hydrogen-bond acceptors (Lipinski definition) is 4. The van der Waals surface area contributed by atoms with E-state index < -0.39 is 0 Å². The van der Waals surface area contributed by atoms with Crippen molar-refractivity contribution in [3.63, 3.8) is 0 Å². The molecule has 3 rings (SSSR count). The lowest BCUT2D eigenvalue weighted by Crippen LogP contribution is -2.39. The van der Waals surface area contributed by atoms with E-state index in [9.17, 15) is 9.59 Å². The zero-order chi connectivity index (χ0) is 15.0. The largest absolute Gasteiger partial charge is 0.343 e. The molecular formula is C14H21N5O2. The number of piperidine rings is 1. The Kier molecular flexibility index (Phi) is 3.65. The summed E-state index contributed by atoms with van der Waals surface area (Å²) in [6.07, 6.45) is 1.88. The van der Waals surface area contributed by atoms with Crippen molar-refractivity contribution in [2.45, 2.75) is 45.7 Å². The lowest BCUT2D eigenvalue weighted by molar-refractivity contribution is -0.130. The van der Waals surface area contributed by atoms with Gasteiger partial charge >= 0.3 is 0 Å². The Morgan fingerprint density at radius 1 is 0.952 bits per heavy atom. The van der Waals surface area contributed by atoms with E-state index in [0.717, 1.165) is 50.7 Å². The summed E-state index contributed by atoms with van der Waals surface area (Å²) in [4.78, 5) is 26.5. The van der Waals surface area contributed by atoms with Crippen molar-refractivity contribution in [3.05, 3.63) is 11.6 Å². The van der Waals surface area contributed by atoms with E-state index in [4.69, 9.17) is 0 Å². The fourth-order valence-electron chi connectivity index (χ4n) is 3.20. The van der Waals surface area contributed by atoms with E-state index in [-0.39, 0.29) is 11.8 Å². The first-order valence-corrected chi connectivity index (χ1v) is 7.49. The number of likely N-dealkylation sites (tertiary alicyclic amines) is 1. The molecule has 1 aromatic rings. The van der Waals surface area contributed by atoms with Crippen molar-refractivity contribution in [1.82, 2.24) is 24.6 Å². The molecule has 0 aliphatic carbocycles. The van der Waals surface area contributed by atoms with Crippen molar-refractivity contribution >= 4 is 11.8 Å². The second kappa shape index (κ2) is 5.46. The third-order valence-electron chi connectivity index (χ3n) is 4.53. The summed E-state index contributed by atoms with van der Waals surface area (Å²) in [5.41, 5.74) is 0. The van der Waals surface area contributed by atoms with E-state index in [1.807, 2.05) is 4.90 Å². The molecule has 3 heterocycles. The Bertz CT molecular complexity index is 560. The molecular weight excluding hydrogens is 270 g/mol. The molecule has 21 heavy (non-hydrogen) atoms. The smallest absolute Gasteiger partial charge is 0.219 e. The number of rotatable bonds is 1. The molecule has 7 heteroatoms. The molecule has 2 amide bonds. The molecule has 0 atom stereocenters. The highest BCUT2D eigenvalue weighted by atomic mass is 16.2. The molecule has 0 N–H and O–H groups in total. The molecule has 0 aromatic carbocycles. The number of nitrogens with zero attached hydrogens (tertiary/aromatic N) is 5. The molecule has 114 valence electrons. The van der Waals surface area contributed by atoms with Crippen molar-refractivity contribution in [1.29, 1.82) is 0 Å². The van der Waals surface area contributed by atoms with Crippen molar-refractivity contribution < 1.29 is 9.59 Å². The minimum Gasteiger partial charge on any atom is -0.343 e. The van der Waals surface area contributed by atoms with Crippen LogP contribution in [0.15, 0.2) is 0 Å². The summed E-state index contributed by atoms with van der Waals surface area (Å²) >= 11 is 0. The van der Waals surface area contributed by atoms with Crippen LogP contribution < -0.4 is 0 Å². The number of fused-ring (bicyclic) bond motifs is 1. The van der Waals surface area contributed by atoms with Gasteiger partial charge in [-0.15, -0.1) is 10.2 Å². The highest BCUT2D eigenvalue weighted by Crippen LogP contribution is 2.28. The van der Waals surface area contributed by atoms with Gasteiger partial charge < -0.3 is 14.4 Å². The van der Waals surface area contributed by atoms with Gasteiger partial charge in [-0.05, 0) is 12.8 Å². The van der Waals surface area contributed by atoms with Gasteiger partial charge in [-0.25, -0.2) is 0 Å². The first kappa shape index (κ1) is 14.0. The maximum Gasteiger partial charge on any atom is 0.219 e. The lowest BCUT2D eigenvalue weighted by Gasteiger charge is -2.32. The zero-order valence-corrected chi connectivity index (χ0v) is 12.6. The molecule has 0 bridgehead atoms. The van der Waals surface area contributed by atoms with Crippen molar-refractivity contribution in [3.8, 4) is 0 Å². The average molecular weight is 291 g/mol. The Hall–Kier alpha value is -1.92. The molecule has 0 unspecified atom stereocenters. The van der Waals surface area contributed by atoms with Crippen LogP contribution >= 0.6 is 0 Å². The van der Waals surface area contributed by atoms with Crippen LogP contribution in [-0.2, 0) is 22.7 Å². The van der Waals surface area contributed by atoms with Gasteiger partial charge in [0.25, 0.3) is 0 Å². The maximum absolute atomic E-state index is 11.4. The van der Waals surface area contributed by atoms with E-state index in [1.165, 1.54) is 0 Å². The molecule has 0 saturated carbocycles. The number of amides is 2. The molecule has 2 aliphatic heterocycles. The van der Waals surface area contributed by atoms with Gasteiger partial charge in [0.2, 0.25) is 11.8 Å². The Labute approximate surface area is 123 Å². The minimum absolute atomic E-state index is 0.0839. The normalized spacial score (nSPS) is 19.5. The van der Waals surface area contributed by atoms with Gasteiger partial charge in [0.05, 0.1) is 6.54 Å². The molecule has 1 saturated heterocycles. The highest BCUT2D eigenvalue weighted by molar-refractivity contribution is 5.73. The fraction of sp³-hybridized carbons (Fsp3) is 0.714. The summed E-state index contributed by atoms with van der Waals surface area (Å²) < 4.78 is 2.16. The summed E-state index contributed by atoms with van der Waals surface area (Å²) in [5, 5.41) is 8.61. The van der Waals surface area contributed by atoms with Crippen LogP contribution in [0.4, 0.5) is 0 Å². The van der Waals surface area contributed by atoms with Crippen molar-refractivity contribution in [2.24, 2.45) is 0 Å². The number of hydrogen-bond donors (Lipinski definition) is 0. The molecule has 1 aromatic heterocycles. The maximum atomic E-state index is 11.4. The van der Waals surface area contributed by atoms with Gasteiger partial charge in [-0.2, -0.15) is 0 Å². The van der Waals surface area contributed by atoms with Crippen LogP contribution in [0.3, 0.4) is 0 Å². The van der Waals surface area contributed by atoms with Gasteiger partial charge in [-0.1, -0.05) is 0 Å². The number of carbonyl (C=O) groups excluding carboxylic acids is 2. The Morgan fingerprint density at radius 3 is 2.24 bits per heavy atom. The average Bonchev–Trinajstić information content (AvgIpc) is 2.90. The summed E-state index contributed by atoms with van der Waals surface area (Å²) in [6.45, 7) is 6.84. The van der Waals surface area contributed by atoms with Crippen LogP contribution in [0, 0.1) is 0 Å². The van der Waals surface area contributed by atoms with Gasteiger partial charge in [0.15, 0.2) is 5.82 Å². The zero-order valence-electron chi connectivity index (χ0n) is 12.6. The first-order valence-electron chi connectivity index (χ1n) is 7.49. The molecule has 0 radical (unpaired) electrons. The van der Waals surface area contributed by atoms with Gasteiger partial charge in [0, 0.05) is 45.9 Å². The van der Waals surface area contributed by atoms with Gasteiger partial charge in [-0.3, -0.25) is 9.59 Å². The van der Waals surface area contributed by atoms with Crippen LogP contribution in [0.1, 0.15) is 44.3 Å². The van der Waals surface area contributed by atoms with Crippen LogP contribution in [0.2, 0.25) is 0 Å². The molecule has 0 spiro atoms. The predicted molar refractivity (Wildman–Crippen MR) is 75.3 cm³/mol. The molecule has 2 aliphatic rings. The van der Waals surface area contributed by atoms with Crippen molar-refractivity contribution in [2.75, 3.05) is 19.6 Å². The van der Waals surface area contributed by atoms with Crippen LogP contribution in [0.5, 0.6) is 0 Å². The quantitative estimate of drug-likeness (QED) is 0.749. The number of carbonyl (C=O) groups is 2. The Balaban J connectivity index is 1.71. The van der Waals surface area contributed by atoms with Crippen LogP contribution in [0.25, 0.3) is 0 Å². The molecule has 1 fully saturated rings. The monoisotopic (exact) mass is 291 g/mol. The first-order chi connectivity index (χ1) is 10.1. The van der Waals surface area contributed by atoms with Gasteiger partial charge in [0.1, 0.15) is 5.82 Å². The fourth-order valence-corrected chi connectivity index (χ4v) is 3.20. The second-order valence-corrected chi connectivity index (χ2v) is 5.85. The lowest BCUT2D eigenvalue weighted by atomic mass is 9.95. The Morgan fingerprint density at radius 2 is 1.62 bits per heavy atom. The SMILES string of the molecule is CC(=O)N1CCC(c2nnc3n2CCN(C(C)=O)C3)CC1.